The van der Waals surface area contributed by atoms with Crippen LogP contribution in [0.2, 0.25) is 0 Å². The maximum Gasteiger partial charge on any atom is 0.0650 e. The van der Waals surface area contributed by atoms with Gasteiger partial charge in [0.25, 0.3) is 0 Å². The van der Waals surface area contributed by atoms with Crippen LogP contribution < -0.4 is 0 Å². The molecular formula is C15H26O. The van der Waals surface area contributed by atoms with E-state index in [0.29, 0.717) is 11.8 Å². The number of rotatable bonds is 1. The number of allylic oxidation sites excluding steroid dienone is 1. The third-order valence-electron chi connectivity index (χ3n) is 5.04. The van der Waals surface area contributed by atoms with Crippen LogP contribution in [-0.2, 0) is 0 Å². The lowest BCUT2D eigenvalue weighted by Crippen LogP contribution is -2.49. The standard InChI is InChI=1S/C15H26O/c1-10(2)12-7-8-15(4,16)14-6-5-11(3)9-13(12)14/h10,12-14,16H,3,5-9H2,1-2,4H3/t12-,13?,14?,15-/m1/s1. The normalized spacial score (nSPS) is 44.6. The van der Waals surface area contributed by atoms with Crippen molar-refractivity contribution in [1.29, 1.82) is 0 Å². The van der Waals surface area contributed by atoms with Crippen LogP contribution in [0.3, 0.4) is 0 Å². The minimum absolute atomic E-state index is 0.420. The summed E-state index contributed by atoms with van der Waals surface area (Å²) in [5, 5.41) is 10.5. The number of hydrogen-bond acceptors (Lipinski definition) is 1. The summed E-state index contributed by atoms with van der Waals surface area (Å²) >= 11 is 0. The molecule has 0 spiro atoms. The zero-order chi connectivity index (χ0) is 11.9. The van der Waals surface area contributed by atoms with Crippen molar-refractivity contribution in [3.05, 3.63) is 12.2 Å². The van der Waals surface area contributed by atoms with Crippen LogP contribution >= 0.6 is 0 Å². The Hall–Kier alpha value is -0.300. The molecule has 0 heterocycles. The first kappa shape index (κ1) is 12.2. The summed E-state index contributed by atoms with van der Waals surface area (Å²) in [7, 11) is 0. The average Bonchev–Trinajstić information content (AvgIpc) is 2.16. The van der Waals surface area contributed by atoms with Crippen LogP contribution in [0.4, 0.5) is 0 Å². The van der Waals surface area contributed by atoms with E-state index in [9.17, 15) is 5.11 Å². The van der Waals surface area contributed by atoms with Crippen molar-refractivity contribution in [3.8, 4) is 0 Å². The molecule has 0 bridgehead atoms. The van der Waals surface area contributed by atoms with Crippen LogP contribution in [0.15, 0.2) is 12.2 Å². The van der Waals surface area contributed by atoms with Crippen molar-refractivity contribution in [3.63, 3.8) is 0 Å². The molecule has 92 valence electrons. The number of fused-ring (bicyclic) bond motifs is 1. The van der Waals surface area contributed by atoms with Gasteiger partial charge in [-0.2, -0.15) is 0 Å². The molecule has 0 aromatic carbocycles. The van der Waals surface area contributed by atoms with E-state index in [4.69, 9.17) is 0 Å². The molecule has 2 saturated carbocycles. The number of hydrogen-bond donors (Lipinski definition) is 1. The van der Waals surface area contributed by atoms with Gasteiger partial charge in [0.2, 0.25) is 0 Å². The summed E-state index contributed by atoms with van der Waals surface area (Å²) in [6, 6.07) is 0. The lowest BCUT2D eigenvalue weighted by molar-refractivity contribution is -0.0963. The molecular weight excluding hydrogens is 196 g/mol. The van der Waals surface area contributed by atoms with Crippen molar-refractivity contribution >= 4 is 0 Å². The van der Waals surface area contributed by atoms with E-state index in [-0.39, 0.29) is 0 Å². The Labute approximate surface area is 99.9 Å². The minimum Gasteiger partial charge on any atom is -0.390 e. The lowest BCUT2D eigenvalue weighted by Gasteiger charge is -2.51. The van der Waals surface area contributed by atoms with Gasteiger partial charge in [0, 0.05) is 0 Å². The first-order valence-corrected chi connectivity index (χ1v) is 6.81. The Bertz CT molecular complexity index is 277. The average molecular weight is 222 g/mol. The highest BCUT2D eigenvalue weighted by atomic mass is 16.3. The largest absolute Gasteiger partial charge is 0.390 e. The Morgan fingerprint density at radius 3 is 2.69 bits per heavy atom. The summed E-state index contributed by atoms with van der Waals surface area (Å²) in [6.07, 6.45) is 5.62. The molecule has 2 aliphatic rings. The molecule has 0 aromatic heterocycles. The van der Waals surface area contributed by atoms with Crippen molar-refractivity contribution in [2.75, 3.05) is 0 Å². The van der Waals surface area contributed by atoms with Crippen molar-refractivity contribution in [1.82, 2.24) is 0 Å². The molecule has 16 heavy (non-hydrogen) atoms. The van der Waals surface area contributed by atoms with Gasteiger partial charge in [0.15, 0.2) is 0 Å². The van der Waals surface area contributed by atoms with Gasteiger partial charge in [-0.3, -0.25) is 0 Å². The van der Waals surface area contributed by atoms with E-state index in [0.717, 1.165) is 37.5 Å². The molecule has 1 nitrogen and oxygen atoms in total. The highest BCUT2D eigenvalue weighted by Gasteiger charge is 2.47. The number of aliphatic hydroxyl groups is 1. The molecule has 2 unspecified atom stereocenters. The van der Waals surface area contributed by atoms with Gasteiger partial charge in [0.1, 0.15) is 0 Å². The molecule has 0 aliphatic heterocycles. The highest BCUT2D eigenvalue weighted by molar-refractivity contribution is 5.08. The van der Waals surface area contributed by atoms with E-state index < -0.39 is 5.60 Å². The Balaban J connectivity index is 2.21. The van der Waals surface area contributed by atoms with Gasteiger partial charge < -0.3 is 5.11 Å². The Morgan fingerprint density at radius 1 is 1.38 bits per heavy atom. The highest BCUT2D eigenvalue weighted by Crippen LogP contribution is 2.51. The fourth-order valence-corrected chi connectivity index (χ4v) is 4.06. The van der Waals surface area contributed by atoms with Gasteiger partial charge >= 0.3 is 0 Å². The summed E-state index contributed by atoms with van der Waals surface area (Å²) in [5.41, 5.74) is 0.987. The van der Waals surface area contributed by atoms with E-state index in [1.165, 1.54) is 12.0 Å². The maximum absolute atomic E-state index is 10.5. The van der Waals surface area contributed by atoms with Gasteiger partial charge in [-0.25, -0.2) is 0 Å². The summed E-state index contributed by atoms with van der Waals surface area (Å²) in [4.78, 5) is 0. The SMILES string of the molecule is C=C1CCC2C(C1)[C@@H](C(C)C)CC[C@@]2(C)O. The van der Waals surface area contributed by atoms with Crippen LogP contribution in [0.5, 0.6) is 0 Å². The van der Waals surface area contributed by atoms with Gasteiger partial charge in [-0.15, -0.1) is 0 Å². The second kappa shape index (κ2) is 4.18. The molecule has 2 rings (SSSR count). The van der Waals surface area contributed by atoms with Crippen LogP contribution in [0.1, 0.15) is 52.9 Å². The molecule has 0 amide bonds. The van der Waals surface area contributed by atoms with Crippen LogP contribution in [-0.4, -0.2) is 10.7 Å². The maximum atomic E-state index is 10.5. The molecule has 1 heteroatoms. The first-order chi connectivity index (χ1) is 7.42. The Morgan fingerprint density at radius 2 is 2.06 bits per heavy atom. The van der Waals surface area contributed by atoms with Gasteiger partial charge in [0.05, 0.1) is 5.60 Å². The predicted octanol–water partition coefficient (Wildman–Crippen LogP) is 3.78. The molecule has 2 aliphatic carbocycles. The lowest BCUT2D eigenvalue weighted by atomic mass is 9.57. The summed E-state index contributed by atoms with van der Waals surface area (Å²) in [5.74, 6) is 2.74. The van der Waals surface area contributed by atoms with E-state index in [1.54, 1.807) is 0 Å². The molecule has 2 fully saturated rings. The van der Waals surface area contributed by atoms with Crippen molar-refractivity contribution in [2.45, 2.75) is 58.5 Å². The third kappa shape index (κ3) is 2.07. The topological polar surface area (TPSA) is 20.2 Å². The third-order valence-corrected chi connectivity index (χ3v) is 5.04. The monoisotopic (exact) mass is 222 g/mol. The van der Waals surface area contributed by atoms with Crippen LogP contribution in [0, 0.1) is 23.7 Å². The zero-order valence-corrected chi connectivity index (χ0v) is 11.0. The second-order valence-electron chi connectivity index (χ2n) is 6.57. The fraction of sp³-hybridized carbons (Fsp3) is 0.867. The quantitative estimate of drug-likeness (QED) is 0.669. The molecule has 0 aromatic rings. The van der Waals surface area contributed by atoms with E-state index >= 15 is 0 Å². The zero-order valence-electron chi connectivity index (χ0n) is 11.0. The minimum atomic E-state index is -0.420. The van der Waals surface area contributed by atoms with Crippen molar-refractivity contribution < 1.29 is 5.11 Å². The Kier molecular flexibility index (Phi) is 3.18. The van der Waals surface area contributed by atoms with E-state index in [1.807, 2.05) is 0 Å². The molecule has 0 saturated heterocycles. The summed E-state index contributed by atoms with van der Waals surface area (Å²) < 4.78 is 0. The van der Waals surface area contributed by atoms with Gasteiger partial charge in [-0.05, 0) is 62.7 Å². The van der Waals surface area contributed by atoms with Crippen molar-refractivity contribution in [2.24, 2.45) is 23.7 Å². The fourth-order valence-electron chi connectivity index (χ4n) is 4.06. The first-order valence-electron chi connectivity index (χ1n) is 6.81. The predicted molar refractivity (Wildman–Crippen MR) is 68.2 cm³/mol. The summed E-state index contributed by atoms with van der Waals surface area (Å²) in [6.45, 7) is 10.9. The molecule has 0 radical (unpaired) electrons. The molecule has 1 N–H and O–H groups in total. The van der Waals surface area contributed by atoms with E-state index in [2.05, 4.69) is 27.4 Å². The van der Waals surface area contributed by atoms with Crippen LogP contribution in [0.25, 0.3) is 0 Å². The molecule has 4 atom stereocenters. The van der Waals surface area contributed by atoms with Gasteiger partial charge in [-0.1, -0.05) is 26.0 Å². The second-order valence-corrected chi connectivity index (χ2v) is 6.57. The smallest absolute Gasteiger partial charge is 0.0650 e.